The number of ether oxygens (including phenoxy) is 1. The van der Waals surface area contributed by atoms with Crippen LogP contribution in [0.1, 0.15) is 5.56 Å². The van der Waals surface area contributed by atoms with Crippen LogP contribution in [-0.2, 0) is 0 Å². The Morgan fingerprint density at radius 1 is 1.33 bits per heavy atom. The van der Waals surface area contributed by atoms with Crippen LogP contribution in [0.2, 0.25) is 5.02 Å². The molecule has 0 saturated heterocycles. The van der Waals surface area contributed by atoms with Crippen LogP contribution < -0.4 is 4.74 Å². The molecule has 104 valence electrons. The molecule has 0 unspecified atom stereocenters. The van der Waals surface area contributed by atoms with Gasteiger partial charge < -0.3 is 9.72 Å². The Hall–Kier alpha value is -2.29. The highest BCUT2D eigenvalue weighted by molar-refractivity contribution is 7.71. The van der Waals surface area contributed by atoms with E-state index in [-0.39, 0.29) is 0 Å². The molecule has 0 aliphatic heterocycles. The van der Waals surface area contributed by atoms with Gasteiger partial charge in [-0.3, -0.25) is 4.57 Å². The summed E-state index contributed by atoms with van der Waals surface area (Å²) >= 11 is 11.6. The number of benzene rings is 2. The minimum absolute atomic E-state index is 0.515. The molecule has 0 spiro atoms. The number of aromatic nitrogens is 2. The molecule has 3 aromatic rings. The summed E-state index contributed by atoms with van der Waals surface area (Å²) in [5.74, 6) is 0.575. The zero-order valence-corrected chi connectivity index (χ0v) is 12.6. The molecule has 0 amide bonds. The third-order valence-corrected chi connectivity index (χ3v) is 3.82. The van der Waals surface area contributed by atoms with Crippen molar-refractivity contribution >= 4 is 34.9 Å². The van der Waals surface area contributed by atoms with E-state index >= 15 is 0 Å². The lowest BCUT2D eigenvalue weighted by Crippen LogP contribution is -1.98. The van der Waals surface area contributed by atoms with E-state index in [1.54, 1.807) is 31.4 Å². The van der Waals surface area contributed by atoms with Gasteiger partial charge in [-0.1, -0.05) is 17.7 Å². The number of aromatic amines is 1. The number of fused-ring (bicyclic) bond motifs is 1. The van der Waals surface area contributed by atoms with Gasteiger partial charge in [-0.15, -0.1) is 0 Å². The standard InChI is InChI=1S/C15H10ClN3OS/c1-20-13-7-9(8-17)5-6-11(13)19-12-4-2-3-10(16)14(12)18-15(19)21/h2-7H,1H3,(H,18,21). The molecule has 4 nitrogen and oxygen atoms in total. The largest absolute Gasteiger partial charge is 0.495 e. The summed E-state index contributed by atoms with van der Waals surface area (Å²) in [6.45, 7) is 0. The molecule has 21 heavy (non-hydrogen) atoms. The maximum Gasteiger partial charge on any atom is 0.182 e. The molecule has 0 atom stereocenters. The second-order valence-corrected chi connectivity index (χ2v) is 5.19. The van der Waals surface area contributed by atoms with E-state index < -0.39 is 0 Å². The molecule has 2 aromatic carbocycles. The van der Waals surface area contributed by atoms with Crippen molar-refractivity contribution < 1.29 is 4.74 Å². The van der Waals surface area contributed by atoms with E-state index in [4.69, 9.17) is 33.8 Å². The van der Waals surface area contributed by atoms with Crippen molar-refractivity contribution in [3.8, 4) is 17.5 Å². The molecule has 3 rings (SSSR count). The number of nitriles is 1. The fourth-order valence-corrected chi connectivity index (χ4v) is 2.78. The van der Waals surface area contributed by atoms with E-state index in [0.29, 0.717) is 21.1 Å². The number of hydrogen-bond donors (Lipinski definition) is 1. The third kappa shape index (κ3) is 2.19. The van der Waals surface area contributed by atoms with Gasteiger partial charge in [-0.25, -0.2) is 0 Å². The molecule has 1 heterocycles. The van der Waals surface area contributed by atoms with E-state index in [0.717, 1.165) is 16.7 Å². The van der Waals surface area contributed by atoms with Crippen molar-refractivity contribution in [2.45, 2.75) is 0 Å². The maximum absolute atomic E-state index is 8.99. The van der Waals surface area contributed by atoms with Crippen molar-refractivity contribution in [2.24, 2.45) is 0 Å². The van der Waals surface area contributed by atoms with Crippen molar-refractivity contribution in [1.29, 1.82) is 5.26 Å². The molecule has 0 saturated carbocycles. The first-order chi connectivity index (χ1) is 10.2. The molecule has 0 fully saturated rings. The average molecular weight is 316 g/mol. The Bertz CT molecular complexity index is 936. The van der Waals surface area contributed by atoms with Crippen molar-refractivity contribution in [3.05, 3.63) is 51.8 Å². The SMILES string of the molecule is COc1cc(C#N)ccc1-n1c(=S)[nH]c2c(Cl)cccc21. The highest BCUT2D eigenvalue weighted by Crippen LogP contribution is 2.30. The Morgan fingerprint density at radius 2 is 2.14 bits per heavy atom. The van der Waals surface area contributed by atoms with Crippen LogP contribution >= 0.6 is 23.8 Å². The van der Waals surface area contributed by atoms with Crippen LogP contribution in [0.5, 0.6) is 5.75 Å². The summed E-state index contributed by atoms with van der Waals surface area (Å²) in [5, 5.41) is 9.59. The minimum Gasteiger partial charge on any atom is -0.495 e. The number of methoxy groups -OCH3 is 1. The molecule has 6 heteroatoms. The number of para-hydroxylation sites is 1. The van der Waals surface area contributed by atoms with E-state index in [1.807, 2.05) is 16.7 Å². The van der Waals surface area contributed by atoms with Crippen molar-refractivity contribution in [3.63, 3.8) is 0 Å². The number of hydrogen-bond acceptors (Lipinski definition) is 3. The van der Waals surface area contributed by atoms with E-state index in [2.05, 4.69) is 11.1 Å². The lowest BCUT2D eigenvalue weighted by molar-refractivity contribution is 0.413. The van der Waals surface area contributed by atoms with Crippen molar-refractivity contribution in [1.82, 2.24) is 9.55 Å². The third-order valence-electron chi connectivity index (χ3n) is 3.22. The Morgan fingerprint density at radius 3 is 2.86 bits per heavy atom. The Kier molecular flexibility index (Phi) is 3.42. The van der Waals surface area contributed by atoms with Crippen LogP contribution in [0.15, 0.2) is 36.4 Å². The van der Waals surface area contributed by atoms with Gasteiger partial charge in [-0.2, -0.15) is 5.26 Å². The van der Waals surface area contributed by atoms with E-state index in [1.165, 1.54) is 0 Å². The summed E-state index contributed by atoms with van der Waals surface area (Å²) in [6.07, 6.45) is 0. The van der Waals surface area contributed by atoms with Crippen LogP contribution in [0.3, 0.4) is 0 Å². The summed E-state index contributed by atoms with van der Waals surface area (Å²) in [4.78, 5) is 3.10. The smallest absolute Gasteiger partial charge is 0.182 e. The van der Waals surface area contributed by atoms with Crippen LogP contribution in [0, 0.1) is 16.1 Å². The first-order valence-electron chi connectivity index (χ1n) is 6.13. The number of imidazole rings is 1. The first kappa shape index (κ1) is 13.7. The van der Waals surface area contributed by atoms with Gasteiger partial charge in [0, 0.05) is 6.07 Å². The second kappa shape index (κ2) is 5.24. The number of rotatable bonds is 2. The monoisotopic (exact) mass is 315 g/mol. The second-order valence-electron chi connectivity index (χ2n) is 4.40. The fourth-order valence-electron chi connectivity index (χ4n) is 2.27. The van der Waals surface area contributed by atoms with Crippen LogP contribution in [0.4, 0.5) is 0 Å². The Balaban J connectivity index is 2.36. The van der Waals surface area contributed by atoms with Crippen LogP contribution in [-0.4, -0.2) is 16.7 Å². The molecular formula is C15H10ClN3OS. The topological polar surface area (TPSA) is 53.7 Å². The lowest BCUT2D eigenvalue weighted by atomic mass is 10.2. The van der Waals surface area contributed by atoms with Gasteiger partial charge in [0.05, 0.1) is 40.5 Å². The average Bonchev–Trinajstić information content (AvgIpc) is 2.84. The number of H-pyrrole nitrogens is 1. The first-order valence-corrected chi connectivity index (χ1v) is 6.92. The normalized spacial score (nSPS) is 10.5. The van der Waals surface area contributed by atoms with E-state index in [9.17, 15) is 0 Å². The minimum atomic E-state index is 0.515. The zero-order valence-electron chi connectivity index (χ0n) is 11.1. The lowest BCUT2D eigenvalue weighted by Gasteiger charge is -2.10. The van der Waals surface area contributed by atoms with Gasteiger partial charge >= 0.3 is 0 Å². The highest BCUT2D eigenvalue weighted by atomic mass is 35.5. The summed E-state index contributed by atoms with van der Waals surface area (Å²) in [6, 6.07) is 12.9. The van der Waals surface area contributed by atoms with Gasteiger partial charge in [-0.05, 0) is 36.5 Å². The number of halogens is 1. The van der Waals surface area contributed by atoms with Crippen molar-refractivity contribution in [2.75, 3.05) is 7.11 Å². The summed E-state index contributed by atoms with van der Waals surface area (Å²) < 4.78 is 7.74. The summed E-state index contributed by atoms with van der Waals surface area (Å²) in [7, 11) is 1.56. The van der Waals surface area contributed by atoms with Gasteiger partial charge in [0.1, 0.15) is 5.75 Å². The number of nitrogens with zero attached hydrogens (tertiary/aromatic N) is 2. The molecular weight excluding hydrogens is 306 g/mol. The molecule has 0 aliphatic rings. The molecule has 0 aliphatic carbocycles. The van der Waals surface area contributed by atoms with Gasteiger partial charge in [0.15, 0.2) is 4.77 Å². The summed E-state index contributed by atoms with van der Waals surface area (Å²) in [5.41, 5.74) is 2.92. The van der Waals surface area contributed by atoms with Gasteiger partial charge in [0.25, 0.3) is 0 Å². The fraction of sp³-hybridized carbons (Fsp3) is 0.0667. The maximum atomic E-state index is 8.99. The number of nitrogens with one attached hydrogen (secondary N) is 1. The van der Waals surface area contributed by atoms with Crippen LogP contribution in [0.25, 0.3) is 16.7 Å². The quantitative estimate of drug-likeness (QED) is 0.720. The van der Waals surface area contributed by atoms with Gasteiger partial charge in [0.2, 0.25) is 0 Å². The predicted octanol–water partition coefficient (Wildman–Crippen LogP) is 4.22. The highest BCUT2D eigenvalue weighted by Gasteiger charge is 2.13. The molecule has 0 radical (unpaired) electrons. The molecule has 0 bridgehead atoms. The predicted molar refractivity (Wildman–Crippen MR) is 84.7 cm³/mol. The zero-order chi connectivity index (χ0) is 15.0. The molecule has 1 aromatic heterocycles. The Labute approximate surface area is 131 Å². The molecule has 1 N–H and O–H groups in total.